The molecule has 0 amide bonds. The van der Waals surface area contributed by atoms with Gasteiger partial charge in [0, 0.05) is 46.1 Å². The van der Waals surface area contributed by atoms with Crippen molar-refractivity contribution in [2.24, 2.45) is 0 Å². The van der Waals surface area contributed by atoms with Crippen LogP contribution in [0.25, 0.3) is 0 Å². The van der Waals surface area contributed by atoms with E-state index in [9.17, 15) is 0 Å². The molecule has 1 N–H and O–H groups in total. The Hall–Kier alpha value is -2.30. The Morgan fingerprint density at radius 3 is 2.52 bits per heavy atom. The first-order valence-corrected chi connectivity index (χ1v) is 7.17. The summed E-state index contributed by atoms with van der Waals surface area (Å²) in [7, 11) is 5.99. The third-order valence-corrected chi connectivity index (χ3v) is 3.22. The minimum Gasteiger partial charge on any atom is -0.375 e. The van der Waals surface area contributed by atoms with Crippen molar-refractivity contribution in [3.63, 3.8) is 0 Å². The van der Waals surface area contributed by atoms with Gasteiger partial charge in [0.25, 0.3) is 0 Å². The van der Waals surface area contributed by atoms with Crippen molar-refractivity contribution in [2.45, 2.75) is 6.42 Å². The molecule has 0 aliphatic heterocycles. The van der Waals surface area contributed by atoms with Crippen LogP contribution in [0.5, 0.6) is 0 Å². The summed E-state index contributed by atoms with van der Waals surface area (Å²) in [6.07, 6.45) is 2.83. The fourth-order valence-corrected chi connectivity index (χ4v) is 2.01. The molecule has 5 nitrogen and oxygen atoms in total. The Balaban J connectivity index is 1.76. The van der Waals surface area contributed by atoms with E-state index < -0.39 is 0 Å². The molecule has 0 aliphatic carbocycles. The van der Waals surface area contributed by atoms with Gasteiger partial charge in [-0.1, -0.05) is 18.2 Å². The van der Waals surface area contributed by atoms with Gasteiger partial charge in [-0.25, -0.2) is 4.98 Å². The molecule has 0 aliphatic rings. The van der Waals surface area contributed by atoms with Crippen molar-refractivity contribution in [3.8, 4) is 0 Å². The molecule has 0 unspecified atom stereocenters. The Morgan fingerprint density at radius 2 is 1.81 bits per heavy atom. The monoisotopic (exact) mass is 285 g/mol. The number of nitrogens with zero attached hydrogens (tertiary/aromatic N) is 4. The minimum atomic E-state index is 0.724. The molecule has 1 aromatic carbocycles. The SMILES string of the molecule is CN(C)c1nccc(NCCCN(C)c2ccccc2)n1. The normalized spacial score (nSPS) is 10.2. The van der Waals surface area contributed by atoms with Gasteiger partial charge in [-0.15, -0.1) is 0 Å². The van der Waals surface area contributed by atoms with Crippen LogP contribution in [0.4, 0.5) is 17.5 Å². The third kappa shape index (κ3) is 4.63. The van der Waals surface area contributed by atoms with E-state index in [-0.39, 0.29) is 0 Å². The highest BCUT2D eigenvalue weighted by Gasteiger charge is 2.02. The van der Waals surface area contributed by atoms with Crippen molar-refractivity contribution in [1.29, 1.82) is 0 Å². The molecule has 1 heterocycles. The van der Waals surface area contributed by atoms with Gasteiger partial charge in [0.15, 0.2) is 0 Å². The van der Waals surface area contributed by atoms with Crippen LogP contribution in [-0.2, 0) is 0 Å². The highest BCUT2D eigenvalue weighted by Crippen LogP contribution is 2.11. The van der Waals surface area contributed by atoms with E-state index in [2.05, 4.69) is 51.5 Å². The lowest BCUT2D eigenvalue weighted by atomic mass is 10.3. The van der Waals surface area contributed by atoms with E-state index in [1.165, 1.54) is 5.69 Å². The highest BCUT2D eigenvalue weighted by molar-refractivity contribution is 5.45. The second-order valence-corrected chi connectivity index (χ2v) is 5.17. The largest absolute Gasteiger partial charge is 0.375 e. The molecule has 1 aromatic heterocycles. The first kappa shape index (κ1) is 15.1. The molecule has 0 fully saturated rings. The zero-order chi connectivity index (χ0) is 15.1. The Kier molecular flexibility index (Phi) is 5.37. The van der Waals surface area contributed by atoms with Crippen LogP contribution in [0.1, 0.15) is 6.42 Å². The standard InChI is InChI=1S/C16H23N5/c1-20(2)16-18-12-10-15(19-16)17-11-7-13-21(3)14-8-5-4-6-9-14/h4-6,8-10,12H,7,11,13H2,1-3H3,(H,17,18,19). The Morgan fingerprint density at radius 1 is 1.05 bits per heavy atom. The van der Waals surface area contributed by atoms with Crippen molar-refractivity contribution in [1.82, 2.24) is 9.97 Å². The van der Waals surface area contributed by atoms with Gasteiger partial charge in [-0.05, 0) is 24.6 Å². The van der Waals surface area contributed by atoms with Crippen LogP contribution in [0.3, 0.4) is 0 Å². The number of para-hydroxylation sites is 1. The van der Waals surface area contributed by atoms with E-state index in [0.29, 0.717) is 0 Å². The lowest BCUT2D eigenvalue weighted by molar-refractivity contribution is 0.813. The Bertz CT molecular complexity index is 541. The van der Waals surface area contributed by atoms with Crippen LogP contribution in [0.2, 0.25) is 0 Å². The van der Waals surface area contributed by atoms with Crippen LogP contribution < -0.4 is 15.1 Å². The zero-order valence-corrected chi connectivity index (χ0v) is 13.0. The van der Waals surface area contributed by atoms with Gasteiger partial charge >= 0.3 is 0 Å². The maximum absolute atomic E-state index is 4.44. The molecule has 0 atom stereocenters. The average Bonchev–Trinajstić information content (AvgIpc) is 2.52. The fraction of sp³-hybridized carbons (Fsp3) is 0.375. The second-order valence-electron chi connectivity index (χ2n) is 5.17. The average molecular weight is 285 g/mol. The van der Waals surface area contributed by atoms with Crippen LogP contribution in [0.15, 0.2) is 42.6 Å². The van der Waals surface area contributed by atoms with Gasteiger partial charge in [0.1, 0.15) is 5.82 Å². The summed E-state index contributed by atoms with van der Waals surface area (Å²) in [4.78, 5) is 12.8. The summed E-state index contributed by atoms with van der Waals surface area (Å²) in [5.41, 5.74) is 1.24. The topological polar surface area (TPSA) is 44.3 Å². The molecule has 5 heteroatoms. The van der Waals surface area contributed by atoms with Gasteiger partial charge in [0.05, 0.1) is 0 Å². The lowest BCUT2D eigenvalue weighted by Gasteiger charge is -2.19. The molecule has 0 radical (unpaired) electrons. The van der Waals surface area contributed by atoms with Gasteiger partial charge in [-0.2, -0.15) is 4.98 Å². The first-order valence-electron chi connectivity index (χ1n) is 7.17. The van der Waals surface area contributed by atoms with Crippen LogP contribution >= 0.6 is 0 Å². The predicted octanol–water partition coefficient (Wildman–Crippen LogP) is 2.48. The molecule has 112 valence electrons. The summed E-state index contributed by atoms with van der Waals surface area (Å²) in [6.45, 7) is 1.89. The lowest BCUT2D eigenvalue weighted by Crippen LogP contribution is -2.21. The van der Waals surface area contributed by atoms with Crippen molar-refractivity contribution in [3.05, 3.63) is 42.6 Å². The molecule has 2 rings (SSSR count). The van der Waals surface area contributed by atoms with Crippen LogP contribution in [0, 0.1) is 0 Å². The smallest absolute Gasteiger partial charge is 0.226 e. The maximum Gasteiger partial charge on any atom is 0.226 e. The third-order valence-electron chi connectivity index (χ3n) is 3.22. The summed E-state index contributed by atoms with van der Waals surface area (Å²) in [6, 6.07) is 12.3. The van der Waals surface area contributed by atoms with E-state index in [4.69, 9.17) is 0 Å². The predicted molar refractivity (Wildman–Crippen MR) is 89.2 cm³/mol. The summed E-state index contributed by atoms with van der Waals surface area (Å²) < 4.78 is 0. The first-order chi connectivity index (χ1) is 10.2. The molecular formula is C16H23N5. The number of aromatic nitrogens is 2. The molecule has 0 saturated heterocycles. The fourth-order valence-electron chi connectivity index (χ4n) is 2.01. The summed E-state index contributed by atoms with van der Waals surface area (Å²) in [5.74, 6) is 1.59. The molecule has 21 heavy (non-hydrogen) atoms. The number of hydrogen-bond donors (Lipinski definition) is 1. The van der Waals surface area contributed by atoms with E-state index in [1.807, 2.05) is 31.1 Å². The highest BCUT2D eigenvalue weighted by atomic mass is 15.2. The number of benzene rings is 1. The maximum atomic E-state index is 4.44. The molecule has 2 aromatic rings. The van der Waals surface area contributed by atoms with Crippen molar-refractivity contribution in [2.75, 3.05) is 49.3 Å². The van der Waals surface area contributed by atoms with Gasteiger partial charge in [0.2, 0.25) is 5.95 Å². The molecule has 0 saturated carbocycles. The number of nitrogens with one attached hydrogen (secondary N) is 1. The summed E-state index contributed by atoms with van der Waals surface area (Å²) in [5, 5.41) is 3.34. The molecular weight excluding hydrogens is 262 g/mol. The molecule has 0 spiro atoms. The quantitative estimate of drug-likeness (QED) is 0.792. The van der Waals surface area contributed by atoms with E-state index in [1.54, 1.807) is 6.20 Å². The van der Waals surface area contributed by atoms with E-state index >= 15 is 0 Å². The minimum absolute atomic E-state index is 0.724. The van der Waals surface area contributed by atoms with Crippen molar-refractivity contribution < 1.29 is 0 Å². The number of rotatable bonds is 7. The summed E-state index contributed by atoms with van der Waals surface area (Å²) >= 11 is 0. The van der Waals surface area contributed by atoms with E-state index in [0.717, 1.165) is 31.3 Å². The molecule has 0 bridgehead atoms. The van der Waals surface area contributed by atoms with Gasteiger partial charge < -0.3 is 15.1 Å². The second kappa shape index (κ2) is 7.47. The van der Waals surface area contributed by atoms with Crippen LogP contribution in [-0.4, -0.2) is 44.2 Å². The number of hydrogen-bond acceptors (Lipinski definition) is 5. The number of anilines is 3. The zero-order valence-electron chi connectivity index (χ0n) is 13.0. The van der Waals surface area contributed by atoms with Gasteiger partial charge in [-0.3, -0.25) is 0 Å². The van der Waals surface area contributed by atoms with Crippen molar-refractivity contribution >= 4 is 17.5 Å². The Labute approximate surface area is 126 Å².